The maximum Gasteiger partial charge on any atom is 0.238 e. The molecule has 0 aliphatic heterocycles. The van der Waals surface area contributed by atoms with Crippen molar-refractivity contribution in [1.29, 1.82) is 0 Å². The number of hydrogen-bond donors (Lipinski definition) is 4. The average Bonchev–Trinajstić information content (AvgIpc) is 2.54. The number of hydrogen-bond acceptors (Lipinski definition) is 7. The van der Waals surface area contributed by atoms with Crippen molar-refractivity contribution in [1.82, 2.24) is 9.97 Å². The van der Waals surface area contributed by atoms with Crippen LogP contribution < -0.4 is 15.8 Å². The first-order valence-corrected chi connectivity index (χ1v) is 10.2. The molecule has 0 spiro atoms. The molecule has 8 nitrogen and oxygen atoms in total. The summed E-state index contributed by atoms with van der Waals surface area (Å²) in [6.45, 7) is 6.84. The van der Waals surface area contributed by atoms with E-state index in [1.807, 2.05) is 0 Å². The second kappa shape index (κ2) is 10.4. The first kappa shape index (κ1) is 22.3. The highest BCUT2D eigenvalue weighted by molar-refractivity contribution is 9.10. The Labute approximate surface area is 162 Å². The van der Waals surface area contributed by atoms with E-state index in [0.29, 0.717) is 28.5 Å². The Hall–Kier alpha value is -1.75. The third-order valence-corrected chi connectivity index (χ3v) is 4.10. The number of nitrogens with one attached hydrogen (secondary N) is 2. The van der Waals surface area contributed by atoms with Gasteiger partial charge in [0.2, 0.25) is 16.0 Å². The fourth-order valence-electron chi connectivity index (χ4n) is 1.58. The first-order valence-electron chi connectivity index (χ1n) is 7.90. The Bertz CT molecular complexity index is 795. The van der Waals surface area contributed by atoms with Crippen molar-refractivity contribution in [3.05, 3.63) is 34.9 Å². The van der Waals surface area contributed by atoms with E-state index in [1.165, 1.54) is 12.1 Å². The topological polar surface area (TPSA) is 130 Å². The molecule has 1 aromatic heterocycles. The van der Waals surface area contributed by atoms with Crippen molar-refractivity contribution >= 4 is 43.4 Å². The van der Waals surface area contributed by atoms with Crippen molar-refractivity contribution in [2.45, 2.75) is 25.7 Å². The standard InChI is InChI=1S/C12H14BrN5O3S.C4H10/c13-10-7-16-12(18-11(10)15-5-6-19)17-8-1-3-9(4-2-8)22(14,20)21;1-4(2)3/h1-4,7,19H,5-6H2,(H2,14,20,21)(H2,15,16,17,18);4H,1-3H3. The Morgan fingerprint density at radius 1 is 1.23 bits per heavy atom. The molecule has 0 fully saturated rings. The number of aliphatic hydroxyl groups excluding tert-OH is 1. The molecule has 0 saturated heterocycles. The molecule has 0 aliphatic carbocycles. The van der Waals surface area contributed by atoms with Crippen LogP contribution >= 0.6 is 15.9 Å². The number of sulfonamides is 1. The summed E-state index contributed by atoms with van der Waals surface area (Å²) in [5.74, 6) is 1.69. The number of benzene rings is 1. The quantitative estimate of drug-likeness (QED) is 0.537. The smallest absolute Gasteiger partial charge is 0.238 e. The number of halogens is 1. The molecule has 0 atom stereocenters. The Balaban J connectivity index is 0.000000765. The Morgan fingerprint density at radius 3 is 2.31 bits per heavy atom. The number of aromatic nitrogens is 2. The van der Waals surface area contributed by atoms with Gasteiger partial charge in [-0.1, -0.05) is 20.8 Å². The lowest BCUT2D eigenvalue weighted by Crippen LogP contribution is -2.12. The van der Waals surface area contributed by atoms with Gasteiger partial charge in [-0.3, -0.25) is 0 Å². The van der Waals surface area contributed by atoms with Gasteiger partial charge in [-0.2, -0.15) is 4.98 Å². The fourth-order valence-corrected chi connectivity index (χ4v) is 2.43. The summed E-state index contributed by atoms with van der Waals surface area (Å²) in [5, 5.41) is 19.7. The summed E-state index contributed by atoms with van der Waals surface area (Å²) >= 11 is 3.30. The van der Waals surface area contributed by atoms with Gasteiger partial charge in [-0.15, -0.1) is 0 Å². The molecule has 0 aliphatic rings. The van der Waals surface area contributed by atoms with Crippen LogP contribution in [0, 0.1) is 5.92 Å². The molecular weight excluding hydrogens is 422 g/mol. The lowest BCUT2D eigenvalue weighted by atomic mass is 10.3. The summed E-state index contributed by atoms with van der Waals surface area (Å²) in [6.07, 6.45) is 1.56. The third kappa shape index (κ3) is 8.09. The van der Waals surface area contributed by atoms with Crippen molar-refractivity contribution in [2.75, 3.05) is 23.8 Å². The minimum atomic E-state index is -3.71. The van der Waals surface area contributed by atoms with E-state index in [9.17, 15) is 8.42 Å². The predicted octanol–water partition coefficient (Wildman–Crippen LogP) is 2.70. The number of rotatable bonds is 6. The zero-order chi connectivity index (χ0) is 19.7. The van der Waals surface area contributed by atoms with Gasteiger partial charge in [0, 0.05) is 18.4 Å². The second-order valence-electron chi connectivity index (χ2n) is 5.97. The maximum atomic E-state index is 11.2. The largest absolute Gasteiger partial charge is 0.395 e. The maximum absolute atomic E-state index is 11.2. The van der Waals surface area contributed by atoms with E-state index in [1.54, 1.807) is 18.3 Å². The lowest BCUT2D eigenvalue weighted by Gasteiger charge is -2.09. The lowest BCUT2D eigenvalue weighted by molar-refractivity contribution is 0.311. The van der Waals surface area contributed by atoms with Gasteiger partial charge in [0.25, 0.3) is 0 Å². The first-order chi connectivity index (χ1) is 12.1. The molecule has 0 amide bonds. The molecule has 0 unspecified atom stereocenters. The molecule has 0 radical (unpaired) electrons. The minimum absolute atomic E-state index is 0.0196. The molecular formula is C16H24BrN5O3S. The van der Waals surface area contributed by atoms with E-state index in [2.05, 4.69) is 57.3 Å². The van der Waals surface area contributed by atoms with Crippen LogP contribution in [0.15, 0.2) is 39.8 Å². The van der Waals surface area contributed by atoms with Crippen LogP contribution in [0.2, 0.25) is 0 Å². The SMILES string of the molecule is CC(C)C.NS(=O)(=O)c1ccc(Nc2ncc(Br)c(NCCO)n2)cc1. The molecule has 1 aromatic carbocycles. The molecule has 2 rings (SSSR count). The van der Waals surface area contributed by atoms with E-state index in [-0.39, 0.29) is 11.5 Å². The molecule has 26 heavy (non-hydrogen) atoms. The van der Waals surface area contributed by atoms with E-state index in [4.69, 9.17) is 10.2 Å². The number of nitrogens with two attached hydrogens (primary N) is 1. The summed E-state index contributed by atoms with van der Waals surface area (Å²) in [5.41, 5.74) is 0.614. The van der Waals surface area contributed by atoms with E-state index < -0.39 is 10.0 Å². The van der Waals surface area contributed by atoms with Gasteiger partial charge in [0.05, 0.1) is 16.0 Å². The zero-order valence-corrected chi connectivity index (χ0v) is 17.3. The van der Waals surface area contributed by atoms with Crippen molar-refractivity contribution in [3.8, 4) is 0 Å². The van der Waals surface area contributed by atoms with E-state index >= 15 is 0 Å². The normalized spacial score (nSPS) is 10.9. The molecule has 5 N–H and O–H groups in total. The molecule has 144 valence electrons. The summed E-state index contributed by atoms with van der Waals surface area (Å²) in [6, 6.07) is 5.90. The van der Waals surface area contributed by atoms with Gasteiger partial charge >= 0.3 is 0 Å². The molecule has 2 aromatic rings. The Kier molecular flexibility index (Phi) is 8.93. The third-order valence-electron chi connectivity index (χ3n) is 2.59. The average molecular weight is 446 g/mol. The van der Waals surface area contributed by atoms with Crippen LogP contribution in [-0.4, -0.2) is 36.6 Å². The number of aliphatic hydroxyl groups is 1. The highest BCUT2D eigenvalue weighted by atomic mass is 79.9. The predicted molar refractivity (Wildman–Crippen MR) is 107 cm³/mol. The van der Waals surface area contributed by atoms with Gasteiger partial charge in [0.1, 0.15) is 5.82 Å². The van der Waals surface area contributed by atoms with Crippen LogP contribution in [0.1, 0.15) is 20.8 Å². The zero-order valence-electron chi connectivity index (χ0n) is 14.9. The van der Waals surface area contributed by atoms with Crippen LogP contribution in [0.4, 0.5) is 17.5 Å². The fraction of sp³-hybridized carbons (Fsp3) is 0.375. The molecule has 10 heteroatoms. The highest BCUT2D eigenvalue weighted by Crippen LogP contribution is 2.22. The van der Waals surface area contributed by atoms with Crippen LogP contribution in [0.5, 0.6) is 0 Å². The number of nitrogens with zero attached hydrogens (tertiary/aromatic N) is 2. The number of anilines is 3. The Morgan fingerprint density at radius 2 is 1.81 bits per heavy atom. The van der Waals surface area contributed by atoms with Gasteiger partial charge in [-0.25, -0.2) is 18.5 Å². The second-order valence-corrected chi connectivity index (χ2v) is 8.38. The van der Waals surface area contributed by atoms with Gasteiger partial charge in [-0.05, 0) is 46.1 Å². The monoisotopic (exact) mass is 445 g/mol. The number of primary sulfonamides is 1. The summed E-state index contributed by atoms with van der Waals surface area (Å²) in [7, 11) is -3.71. The molecule has 1 heterocycles. The summed E-state index contributed by atoms with van der Waals surface area (Å²) in [4.78, 5) is 8.37. The van der Waals surface area contributed by atoms with Gasteiger partial charge < -0.3 is 15.7 Å². The van der Waals surface area contributed by atoms with Crippen LogP contribution in [0.3, 0.4) is 0 Å². The van der Waals surface area contributed by atoms with E-state index in [0.717, 1.165) is 5.92 Å². The van der Waals surface area contributed by atoms with Crippen LogP contribution in [-0.2, 0) is 10.0 Å². The van der Waals surface area contributed by atoms with Crippen molar-refractivity contribution in [2.24, 2.45) is 11.1 Å². The molecule has 0 bridgehead atoms. The minimum Gasteiger partial charge on any atom is -0.395 e. The molecule has 0 saturated carbocycles. The van der Waals surface area contributed by atoms with Crippen LogP contribution in [0.25, 0.3) is 0 Å². The van der Waals surface area contributed by atoms with Crippen molar-refractivity contribution < 1.29 is 13.5 Å². The van der Waals surface area contributed by atoms with Gasteiger partial charge in [0.15, 0.2) is 0 Å². The van der Waals surface area contributed by atoms with Crippen molar-refractivity contribution in [3.63, 3.8) is 0 Å². The highest BCUT2D eigenvalue weighted by Gasteiger charge is 2.08. The summed E-state index contributed by atoms with van der Waals surface area (Å²) < 4.78 is 23.0.